The van der Waals surface area contributed by atoms with Gasteiger partial charge in [0.15, 0.2) is 5.78 Å². The summed E-state index contributed by atoms with van der Waals surface area (Å²) in [6.07, 6.45) is 1.42. The molecule has 5 N–H and O–H groups in total. The fourth-order valence-corrected chi connectivity index (χ4v) is 9.53. The second-order valence-electron chi connectivity index (χ2n) is 12.9. The van der Waals surface area contributed by atoms with Crippen molar-refractivity contribution in [1.82, 2.24) is 0 Å². The van der Waals surface area contributed by atoms with Gasteiger partial charge < -0.3 is 30.3 Å². The van der Waals surface area contributed by atoms with E-state index in [9.17, 15) is 35.1 Å². The minimum absolute atomic E-state index is 0.0520. The summed E-state index contributed by atoms with van der Waals surface area (Å²) < 4.78 is 5.60. The van der Waals surface area contributed by atoms with E-state index in [1.54, 1.807) is 27.7 Å². The minimum atomic E-state index is -1.90. The van der Waals surface area contributed by atoms with E-state index in [-0.39, 0.29) is 37.9 Å². The molecule has 1 heterocycles. The largest absolute Gasteiger partial charge is 0.455 e. The molecule has 0 amide bonds. The number of ketones is 1. The molecule has 3 fully saturated rings. The van der Waals surface area contributed by atoms with Gasteiger partial charge in [-0.3, -0.25) is 4.79 Å². The summed E-state index contributed by atoms with van der Waals surface area (Å²) in [5, 5.41) is 58.1. The Bertz CT molecular complexity index is 1120. The van der Waals surface area contributed by atoms with Crippen LogP contribution in [0.4, 0.5) is 0 Å². The molecular weight excluding hydrogens is 500 g/mol. The van der Waals surface area contributed by atoms with E-state index < -0.39 is 68.6 Å². The van der Waals surface area contributed by atoms with Gasteiger partial charge in [-0.2, -0.15) is 0 Å². The Morgan fingerprint density at radius 3 is 2.35 bits per heavy atom. The summed E-state index contributed by atoms with van der Waals surface area (Å²) in [6, 6.07) is 0. The average Bonchev–Trinajstić information content (AvgIpc) is 3.06. The first-order chi connectivity index (χ1) is 16.9. The van der Waals surface area contributed by atoms with Gasteiger partial charge in [0, 0.05) is 17.4 Å². The lowest BCUT2D eigenvalue weighted by atomic mass is 9.41. The normalized spacial score (nSPS) is 53.2. The molecule has 1 aliphatic heterocycles. The SMILES string of the molecule is CC1=C(C)C(=O)O[C@H]([C@@](C)(O)[C@]2(O)CC[C@@]3(O)[C@@H]4C[C@H](Cl)[C@@]5(O)[C@@H](O)C=CC(=O)[C@]5(C)[C@H]4CC[C@]23C)C1. The number of aliphatic hydroxyl groups is 5. The highest BCUT2D eigenvalue weighted by molar-refractivity contribution is 6.22. The average molecular weight is 539 g/mol. The lowest BCUT2D eigenvalue weighted by molar-refractivity contribution is -0.294. The third kappa shape index (κ3) is 2.92. The van der Waals surface area contributed by atoms with Crippen molar-refractivity contribution in [2.45, 2.75) is 113 Å². The molecule has 0 spiro atoms. The number of fused-ring (bicyclic) bond motifs is 5. The number of hydrogen-bond acceptors (Lipinski definition) is 8. The van der Waals surface area contributed by atoms with Crippen LogP contribution < -0.4 is 0 Å². The third-order valence-electron chi connectivity index (χ3n) is 11.8. The highest BCUT2D eigenvalue weighted by atomic mass is 35.5. The maximum atomic E-state index is 13.3. The topological polar surface area (TPSA) is 145 Å². The van der Waals surface area contributed by atoms with E-state index in [0.717, 1.165) is 5.57 Å². The van der Waals surface area contributed by atoms with Gasteiger partial charge in [-0.1, -0.05) is 12.5 Å². The molecule has 11 atom stereocenters. The maximum absolute atomic E-state index is 13.3. The fraction of sp³-hybridized carbons (Fsp3) is 0.786. The number of ether oxygens (including phenoxy) is 1. The van der Waals surface area contributed by atoms with E-state index in [0.29, 0.717) is 12.0 Å². The summed E-state index contributed by atoms with van der Waals surface area (Å²) in [5.41, 5.74) is -8.52. The molecule has 0 aromatic heterocycles. The standard InChI is InChI=1S/C28H39ClO8/c1-14-12-21(37-22(32)15(14)2)25(5,33)27(35)11-10-26(34)17-13-18(29)28(36)20(31)7-6-19(30)24(28,4)16(17)8-9-23(26,27)3/h6-7,16-18,20-21,31,33-36H,8-13H2,1-5H3/t16-,17+,18-,20-,21-,23-,24-,25+,26+,27-,28+/m0/s1. The molecule has 3 saturated carbocycles. The van der Waals surface area contributed by atoms with Crippen molar-refractivity contribution >= 4 is 23.4 Å². The number of rotatable bonds is 2. The van der Waals surface area contributed by atoms with Crippen molar-refractivity contribution in [2.24, 2.45) is 22.7 Å². The molecule has 5 rings (SSSR count). The number of cyclic esters (lactones) is 1. The molecule has 0 unspecified atom stereocenters. The summed E-state index contributed by atoms with van der Waals surface area (Å²) in [5.74, 6) is -1.97. The summed E-state index contributed by atoms with van der Waals surface area (Å²) in [6.45, 7) is 8.32. The smallest absolute Gasteiger partial charge is 0.334 e. The maximum Gasteiger partial charge on any atom is 0.334 e. The summed E-state index contributed by atoms with van der Waals surface area (Å²) in [7, 11) is 0. The molecule has 8 nitrogen and oxygen atoms in total. The lowest BCUT2D eigenvalue weighted by Crippen LogP contribution is -2.77. The first-order valence-corrected chi connectivity index (χ1v) is 13.7. The summed E-state index contributed by atoms with van der Waals surface area (Å²) in [4.78, 5) is 25.8. The molecule has 0 saturated heterocycles. The Morgan fingerprint density at radius 1 is 1.08 bits per heavy atom. The minimum Gasteiger partial charge on any atom is -0.455 e. The zero-order valence-corrected chi connectivity index (χ0v) is 22.9. The molecule has 0 aromatic rings. The van der Waals surface area contributed by atoms with Crippen LogP contribution in [0.15, 0.2) is 23.3 Å². The number of allylic oxidation sites excluding steroid dienone is 1. The van der Waals surface area contributed by atoms with Crippen LogP contribution in [0.2, 0.25) is 0 Å². The second kappa shape index (κ2) is 7.89. The van der Waals surface area contributed by atoms with Crippen molar-refractivity contribution in [1.29, 1.82) is 0 Å². The van der Waals surface area contributed by atoms with Crippen molar-refractivity contribution < 1.29 is 39.9 Å². The Labute approximate surface area is 222 Å². The molecule has 206 valence electrons. The van der Waals surface area contributed by atoms with E-state index in [1.165, 1.54) is 19.1 Å². The van der Waals surface area contributed by atoms with Gasteiger partial charge in [0.1, 0.15) is 29.0 Å². The van der Waals surface area contributed by atoms with Gasteiger partial charge in [0.05, 0.1) is 16.4 Å². The van der Waals surface area contributed by atoms with Gasteiger partial charge in [-0.25, -0.2) is 4.79 Å². The van der Waals surface area contributed by atoms with Gasteiger partial charge in [-0.05, 0) is 83.8 Å². The zero-order valence-electron chi connectivity index (χ0n) is 22.1. The van der Waals surface area contributed by atoms with Crippen molar-refractivity contribution in [3.05, 3.63) is 23.3 Å². The van der Waals surface area contributed by atoms with E-state index >= 15 is 0 Å². The highest BCUT2D eigenvalue weighted by Crippen LogP contribution is 2.71. The Hall–Kier alpha value is -1.29. The first kappa shape index (κ1) is 27.3. The van der Waals surface area contributed by atoms with Gasteiger partial charge >= 0.3 is 5.97 Å². The van der Waals surface area contributed by atoms with Gasteiger partial charge in [-0.15, -0.1) is 11.6 Å². The summed E-state index contributed by atoms with van der Waals surface area (Å²) >= 11 is 6.75. The molecule has 0 aromatic carbocycles. The van der Waals surface area contributed by atoms with Crippen LogP contribution >= 0.6 is 11.6 Å². The predicted molar refractivity (Wildman–Crippen MR) is 134 cm³/mol. The Balaban J connectivity index is 1.56. The van der Waals surface area contributed by atoms with E-state index in [2.05, 4.69) is 0 Å². The van der Waals surface area contributed by atoms with E-state index in [1.807, 2.05) is 0 Å². The number of esters is 1. The monoisotopic (exact) mass is 538 g/mol. The van der Waals surface area contributed by atoms with Crippen molar-refractivity contribution in [2.75, 3.05) is 0 Å². The fourth-order valence-electron chi connectivity index (χ4n) is 8.98. The first-order valence-electron chi connectivity index (χ1n) is 13.2. The molecular formula is C28H39ClO8. The molecule has 37 heavy (non-hydrogen) atoms. The Kier molecular flexibility index (Phi) is 5.82. The molecule has 5 aliphatic rings. The van der Waals surface area contributed by atoms with Crippen molar-refractivity contribution in [3.8, 4) is 0 Å². The molecule has 4 aliphatic carbocycles. The number of carbonyl (C=O) groups is 2. The number of carbonyl (C=O) groups excluding carboxylic acids is 2. The van der Waals surface area contributed by atoms with Crippen LogP contribution in [0.25, 0.3) is 0 Å². The van der Waals surface area contributed by atoms with Gasteiger partial charge in [0.25, 0.3) is 0 Å². The van der Waals surface area contributed by atoms with Crippen LogP contribution in [0, 0.1) is 22.7 Å². The van der Waals surface area contributed by atoms with Crippen molar-refractivity contribution in [3.63, 3.8) is 0 Å². The molecule has 9 heteroatoms. The third-order valence-corrected chi connectivity index (χ3v) is 12.4. The number of aliphatic hydroxyl groups excluding tert-OH is 1. The number of alkyl halides is 1. The van der Waals surface area contributed by atoms with E-state index in [4.69, 9.17) is 16.3 Å². The van der Waals surface area contributed by atoms with Crippen LogP contribution in [0.1, 0.15) is 73.1 Å². The number of halogens is 1. The number of hydrogen-bond donors (Lipinski definition) is 5. The van der Waals surface area contributed by atoms with Crippen LogP contribution in [0.3, 0.4) is 0 Å². The predicted octanol–water partition coefficient (Wildman–Crippen LogP) is 1.93. The highest BCUT2D eigenvalue weighted by Gasteiger charge is 2.79. The second-order valence-corrected chi connectivity index (χ2v) is 13.4. The van der Waals surface area contributed by atoms with Crippen LogP contribution in [-0.2, 0) is 14.3 Å². The van der Waals surface area contributed by atoms with Gasteiger partial charge in [0.2, 0.25) is 0 Å². The molecule has 0 bridgehead atoms. The zero-order chi connectivity index (χ0) is 27.6. The Morgan fingerprint density at radius 2 is 1.73 bits per heavy atom. The molecule has 0 radical (unpaired) electrons. The van der Waals surface area contributed by atoms with Crippen LogP contribution in [0.5, 0.6) is 0 Å². The lowest BCUT2D eigenvalue weighted by Gasteiger charge is -2.67. The quantitative estimate of drug-likeness (QED) is 0.265. The van der Waals surface area contributed by atoms with Crippen LogP contribution in [-0.4, -0.2) is 77.3 Å².